The number of rotatable bonds is 2. The fraction of sp³-hybridized carbons (Fsp3) is 0.545. The summed E-state index contributed by atoms with van der Waals surface area (Å²) in [5.41, 5.74) is 5.21. The smallest absolute Gasteiger partial charge is 0.266 e. The number of H-pyrrole nitrogens is 1. The first-order chi connectivity index (χ1) is 8.50. The van der Waals surface area contributed by atoms with Gasteiger partial charge in [0.1, 0.15) is 9.39 Å². The average molecular weight is 362 g/mol. The number of nitrogens with one attached hydrogen (secondary N) is 1. The SMILES string of the molecule is CC1CCC(C(N)=O)CN1c1nc[nH]c(=O)c1I. The molecule has 18 heavy (non-hydrogen) atoms. The first-order valence-electron chi connectivity index (χ1n) is 5.80. The molecule has 1 aliphatic heterocycles. The van der Waals surface area contributed by atoms with Gasteiger partial charge in [0.15, 0.2) is 0 Å². The second-order valence-electron chi connectivity index (χ2n) is 4.55. The Hall–Kier alpha value is -1.12. The van der Waals surface area contributed by atoms with E-state index in [0.717, 1.165) is 12.8 Å². The molecule has 0 radical (unpaired) electrons. The fourth-order valence-electron chi connectivity index (χ4n) is 2.21. The minimum Gasteiger partial charge on any atom is -0.369 e. The standard InChI is InChI=1S/C11H15IN4O2/c1-6-2-3-7(9(13)17)4-16(6)10-8(12)11(18)15-5-14-10/h5-7H,2-4H2,1H3,(H2,13,17)(H,14,15,18). The molecule has 1 aromatic heterocycles. The van der Waals surface area contributed by atoms with E-state index >= 15 is 0 Å². The third kappa shape index (κ3) is 2.50. The number of aromatic nitrogens is 2. The molecule has 0 aliphatic carbocycles. The molecule has 7 heteroatoms. The molecule has 0 saturated carbocycles. The van der Waals surface area contributed by atoms with Crippen LogP contribution in [-0.4, -0.2) is 28.5 Å². The van der Waals surface area contributed by atoms with E-state index < -0.39 is 0 Å². The third-order valence-electron chi connectivity index (χ3n) is 3.33. The van der Waals surface area contributed by atoms with Crippen LogP contribution >= 0.6 is 22.6 Å². The molecule has 2 heterocycles. The van der Waals surface area contributed by atoms with E-state index in [1.165, 1.54) is 6.33 Å². The highest BCUT2D eigenvalue weighted by Crippen LogP contribution is 2.27. The second kappa shape index (κ2) is 5.25. The van der Waals surface area contributed by atoms with Crippen molar-refractivity contribution in [2.75, 3.05) is 11.4 Å². The van der Waals surface area contributed by atoms with Crippen molar-refractivity contribution < 1.29 is 4.79 Å². The van der Waals surface area contributed by atoms with Crippen LogP contribution in [0.2, 0.25) is 0 Å². The second-order valence-corrected chi connectivity index (χ2v) is 5.63. The number of piperidine rings is 1. The van der Waals surface area contributed by atoms with Gasteiger partial charge in [-0.2, -0.15) is 0 Å². The maximum absolute atomic E-state index is 11.6. The number of halogens is 1. The molecule has 0 spiro atoms. The summed E-state index contributed by atoms with van der Waals surface area (Å²) in [4.78, 5) is 31.6. The quantitative estimate of drug-likeness (QED) is 0.748. The number of aromatic amines is 1. The predicted molar refractivity (Wildman–Crippen MR) is 76.3 cm³/mol. The summed E-state index contributed by atoms with van der Waals surface area (Å²) < 4.78 is 0.548. The Labute approximate surface area is 118 Å². The molecule has 98 valence electrons. The molecule has 3 N–H and O–H groups in total. The Kier molecular flexibility index (Phi) is 3.88. The van der Waals surface area contributed by atoms with Crippen LogP contribution in [0.15, 0.2) is 11.1 Å². The minimum atomic E-state index is -0.285. The normalized spacial score (nSPS) is 24.0. The fourth-order valence-corrected chi connectivity index (χ4v) is 2.81. The molecule has 1 amide bonds. The van der Waals surface area contributed by atoms with Crippen molar-refractivity contribution in [2.24, 2.45) is 11.7 Å². The molecule has 2 rings (SSSR count). The zero-order valence-electron chi connectivity index (χ0n) is 10.0. The van der Waals surface area contributed by atoms with Gasteiger partial charge in [0.2, 0.25) is 5.91 Å². The van der Waals surface area contributed by atoms with E-state index in [2.05, 4.69) is 16.9 Å². The number of hydrogen-bond donors (Lipinski definition) is 2. The van der Waals surface area contributed by atoms with Gasteiger partial charge in [-0.1, -0.05) is 0 Å². The Morgan fingerprint density at radius 2 is 2.33 bits per heavy atom. The molecule has 2 atom stereocenters. The van der Waals surface area contributed by atoms with Gasteiger partial charge in [-0.05, 0) is 42.4 Å². The van der Waals surface area contributed by atoms with Crippen LogP contribution in [0.3, 0.4) is 0 Å². The molecular formula is C11H15IN4O2. The summed E-state index contributed by atoms with van der Waals surface area (Å²) in [6.07, 6.45) is 3.06. The van der Waals surface area contributed by atoms with Gasteiger partial charge in [-0.15, -0.1) is 0 Å². The maximum atomic E-state index is 11.6. The summed E-state index contributed by atoms with van der Waals surface area (Å²) in [6.45, 7) is 2.60. The van der Waals surface area contributed by atoms with Crippen molar-refractivity contribution in [3.8, 4) is 0 Å². The van der Waals surface area contributed by atoms with Crippen molar-refractivity contribution in [2.45, 2.75) is 25.8 Å². The van der Waals surface area contributed by atoms with Crippen LogP contribution in [0.25, 0.3) is 0 Å². The highest BCUT2D eigenvalue weighted by Gasteiger charge is 2.30. The van der Waals surface area contributed by atoms with Crippen LogP contribution in [0.5, 0.6) is 0 Å². The number of nitrogens with two attached hydrogens (primary N) is 1. The summed E-state index contributed by atoms with van der Waals surface area (Å²) >= 11 is 1.98. The van der Waals surface area contributed by atoms with E-state index in [-0.39, 0.29) is 23.4 Å². The predicted octanol–water partition coefficient (Wildman–Crippen LogP) is 0.465. The van der Waals surface area contributed by atoms with Gasteiger partial charge in [-0.3, -0.25) is 9.59 Å². The summed E-state index contributed by atoms with van der Waals surface area (Å²) in [5, 5.41) is 0. The maximum Gasteiger partial charge on any atom is 0.266 e. The van der Waals surface area contributed by atoms with Crippen LogP contribution in [0.1, 0.15) is 19.8 Å². The van der Waals surface area contributed by atoms with Gasteiger partial charge in [0, 0.05) is 12.6 Å². The number of hydrogen-bond acceptors (Lipinski definition) is 4. The lowest BCUT2D eigenvalue weighted by molar-refractivity contribution is -0.122. The van der Waals surface area contributed by atoms with Gasteiger partial charge >= 0.3 is 0 Å². The Morgan fingerprint density at radius 1 is 1.61 bits per heavy atom. The van der Waals surface area contributed by atoms with Crippen LogP contribution in [-0.2, 0) is 4.79 Å². The van der Waals surface area contributed by atoms with Crippen molar-refractivity contribution >= 4 is 34.3 Å². The number of carbonyl (C=O) groups is 1. The first-order valence-corrected chi connectivity index (χ1v) is 6.87. The number of amides is 1. The van der Waals surface area contributed by atoms with E-state index in [9.17, 15) is 9.59 Å². The minimum absolute atomic E-state index is 0.158. The van der Waals surface area contributed by atoms with Gasteiger partial charge in [0.25, 0.3) is 5.56 Å². The Balaban J connectivity index is 2.32. The molecule has 0 bridgehead atoms. The van der Waals surface area contributed by atoms with Crippen LogP contribution < -0.4 is 16.2 Å². The molecule has 0 aromatic carbocycles. The zero-order valence-corrected chi connectivity index (χ0v) is 12.2. The highest BCUT2D eigenvalue weighted by molar-refractivity contribution is 14.1. The molecule has 1 saturated heterocycles. The van der Waals surface area contributed by atoms with E-state index in [1.807, 2.05) is 27.5 Å². The molecule has 1 aliphatic rings. The van der Waals surface area contributed by atoms with Crippen molar-refractivity contribution in [1.29, 1.82) is 0 Å². The Bertz CT molecular complexity index is 516. The lowest BCUT2D eigenvalue weighted by atomic mass is 9.93. The summed E-state index contributed by atoms with van der Waals surface area (Å²) in [6, 6.07) is 0.253. The largest absolute Gasteiger partial charge is 0.369 e. The van der Waals surface area contributed by atoms with Gasteiger partial charge in [0.05, 0.1) is 12.2 Å². The van der Waals surface area contributed by atoms with E-state index in [1.54, 1.807) is 0 Å². The van der Waals surface area contributed by atoms with Gasteiger partial charge in [-0.25, -0.2) is 4.98 Å². The number of primary amides is 1. The number of anilines is 1. The number of carbonyl (C=O) groups excluding carboxylic acids is 1. The van der Waals surface area contributed by atoms with E-state index in [0.29, 0.717) is 15.9 Å². The molecule has 2 unspecified atom stereocenters. The molecule has 6 nitrogen and oxygen atoms in total. The topological polar surface area (TPSA) is 92.1 Å². The first kappa shape index (κ1) is 13.3. The monoisotopic (exact) mass is 362 g/mol. The van der Waals surface area contributed by atoms with Crippen LogP contribution in [0, 0.1) is 9.49 Å². The molecule has 1 fully saturated rings. The van der Waals surface area contributed by atoms with Crippen molar-refractivity contribution in [1.82, 2.24) is 9.97 Å². The Morgan fingerprint density at radius 3 is 3.00 bits per heavy atom. The van der Waals surface area contributed by atoms with Crippen molar-refractivity contribution in [3.63, 3.8) is 0 Å². The van der Waals surface area contributed by atoms with E-state index in [4.69, 9.17) is 5.73 Å². The molecule has 1 aromatic rings. The summed E-state index contributed by atoms with van der Waals surface area (Å²) in [7, 11) is 0. The lowest BCUT2D eigenvalue weighted by Crippen LogP contribution is -2.47. The molecular weight excluding hydrogens is 347 g/mol. The van der Waals surface area contributed by atoms with Crippen LogP contribution in [0.4, 0.5) is 5.82 Å². The third-order valence-corrected chi connectivity index (χ3v) is 4.31. The highest BCUT2D eigenvalue weighted by atomic mass is 127. The zero-order chi connectivity index (χ0) is 13.3. The summed E-state index contributed by atoms with van der Waals surface area (Å²) in [5.74, 6) is 0.183. The number of nitrogens with zero attached hydrogens (tertiary/aromatic N) is 2. The lowest BCUT2D eigenvalue weighted by Gasteiger charge is -2.37. The van der Waals surface area contributed by atoms with Gasteiger partial charge < -0.3 is 15.6 Å². The average Bonchev–Trinajstić information content (AvgIpc) is 2.33. The van der Waals surface area contributed by atoms with Crippen molar-refractivity contribution in [3.05, 3.63) is 20.3 Å².